The first-order valence-corrected chi connectivity index (χ1v) is 9.94. The summed E-state index contributed by atoms with van der Waals surface area (Å²) in [6.07, 6.45) is 5.43. The van der Waals surface area contributed by atoms with Gasteiger partial charge in [0.15, 0.2) is 5.13 Å². The van der Waals surface area contributed by atoms with Crippen LogP contribution in [0.25, 0.3) is 10.9 Å². The van der Waals surface area contributed by atoms with Gasteiger partial charge < -0.3 is 10.2 Å². The van der Waals surface area contributed by atoms with E-state index in [4.69, 9.17) is 0 Å². The molecule has 27 heavy (non-hydrogen) atoms. The lowest BCUT2D eigenvalue weighted by atomic mass is 9.98. The van der Waals surface area contributed by atoms with E-state index in [0.29, 0.717) is 23.4 Å². The van der Waals surface area contributed by atoms with Crippen molar-refractivity contribution in [3.8, 4) is 0 Å². The van der Waals surface area contributed by atoms with E-state index in [-0.39, 0.29) is 18.0 Å². The van der Waals surface area contributed by atoms with Crippen molar-refractivity contribution in [3.05, 3.63) is 52.5 Å². The van der Waals surface area contributed by atoms with Crippen LogP contribution in [-0.2, 0) is 11.3 Å². The van der Waals surface area contributed by atoms with Gasteiger partial charge in [0.1, 0.15) is 6.54 Å². The zero-order valence-corrected chi connectivity index (χ0v) is 15.7. The van der Waals surface area contributed by atoms with E-state index in [9.17, 15) is 9.59 Å². The van der Waals surface area contributed by atoms with Gasteiger partial charge in [-0.3, -0.25) is 14.2 Å². The monoisotopic (exact) mass is 383 g/mol. The van der Waals surface area contributed by atoms with Crippen LogP contribution in [0.15, 0.2) is 47.0 Å². The standard InChI is InChI=1S/C19H21N5O2S/c25-17(12-24-13-22-16-6-2-1-5-15(16)18(24)26)21-10-14-4-3-8-23(11-14)19-20-7-9-27-19/h1-2,5-7,9,13-14H,3-4,8,10-12H2,(H,21,25)/t14-/m1/s1. The van der Waals surface area contributed by atoms with E-state index in [1.807, 2.05) is 17.6 Å². The van der Waals surface area contributed by atoms with E-state index < -0.39 is 0 Å². The maximum Gasteiger partial charge on any atom is 0.261 e. The van der Waals surface area contributed by atoms with Crippen LogP contribution in [-0.4, -0.2) is 40.1 Å². The Balaban J connectivity index is 1.35. The second kappa shape index (κ2) is 7.87. The Hall–Kier alpha value is -2.74. The highest BCUT2D eigenvalue weighted by Gasteiger charge is 2.22. The van der Waals surface area contributed by atoms with Crippen LogP contribution in [0.4, 0.5) is 5.13 Å². The number of fused-ring (bicyclic) bond motifs is 1. The SMILES string of the molecule is O=C(Cn1cnc2ccccc2c1=O)NC[C@H]1CCCN(c2nccs2)C1. The normalized spacial score (nSPS) is 17.2. The summed E-state index contributed by atoms with van der Waals surface area (Å²) in [6.45, 7) is 2.50. The van der Waals surface area contributed by atoms with Gasteiger partial charge in [0.05, 0.1) is 17.2 Å². The molecule has 8 heteroatoms. The number of rotatable bonds is 5. The molecule has 1 amide bonds. The highest BCUT2D eigenvalue weighted by atomic mass is 32.1. The molecule has 1 atom stereocenters. The summed E-state index contributed by atoms with van der Waals surface area (Å²) in [6, 6.07) is 7.16. The first-order valence-electron chi connectivity index (χ1n) is 9.06. The van der Waals surface area contributed by atoms with Gasteiger partial charge in [-0.25, -0.2) is 9.97 Å². The Bertz CT molecular complexity index is 985. The third-order valence-corrected chi connectivity index (χ3v) is 5.67. The lowest BCUT2D eigenvalue weighted by Crippen LogP contribution is -2.42. The number of carbonyl (C=O) groups is 1. The summed E-state index contributed by atoms with van der Waals surface area (Å²) < 4.78 is 1.36. The number of benzene rings is 1. The summed E-state index contributed by atoms with van der Waals surface area (Å²) in [5.41, 5.74) is 0.451. The molecule has 1 aliphatic heterocycles. The van der Waals surface area contributed by atoms with Gasteiger partial charge >= 0.3 is 0 Å². The van der Waals surface area contributed by atoms with Crippen LogP contribution in [0, 0.1) is 5.92 Å². The Labute approximate surface area is 160 Å². The Morgan fingerprint density at radius 1 is 1.30 bits per heavy atom. The number of nitrogens with zero attached hydrogens (tertiary/aromatic N) is 4. The van der Waals surface area contributed by atoms with Gasteiger partial charge in [-0.15, -0.1) is 11.3 Å². The summed E-state index contributed by atoms with van der Waals surface area (Å²) in [7, 11) is 0. The lowest BCUT2D eigenvalue weighted by molar-refractivity contribution is -0.121. The molecular weight excluding hydrogens is 362 g/mol. The Morgan fingerprint density at radius 3 is 3.04 bits per heavy atom. The van der Waals surface area contributed by atoms with Gasteiger partial charge in [0.2, 0.25) is 5.91 Å². The molecule has 2 aromatic heterocycles. The molecule has 1 aliphatic rings. The number of hydrogen-bond acceptors (Lipinski definition) is 6. The third-order valence-electron chi connectivity index (χ3n) is 4.84. The molecule has 3 aromatic rings. The quantitative estimate of drug-likeness (QED) is 0.728. The second-order valence-corrected chi connectivity index (χ2v) is 7.64. The number of anilines is 1. The zero-order chi connectivity index (χ0) is 18.6. The lowest BCUT2D eigenvalue weighted by Gasteiger charge is -2.32. The van der Waals surface area contributed by atoms with Gasteiger partial charge in [-0.05, 0) is 30.9 Å². The number of hydrogen-bond donors (Lipinski definition) is 1. The van der Waals surface area contributed by atoms with E-state index in [2.05, 4.69) is 20.2 Å². The molecule has 1 fully saturated rings. The maximum absolute atomic E-state index is 12.5. The number of nitrogens with one attached hydrogen (secondary N) is 1. The predicted molar refractivity (Wildman–Crippen MR) is 106 cm³/mol. The minimum absolute atomic E-state index is 0.0143. The van der Waals surface area contributed by atoms with Crippen molar-refractivity contribution in [2.45, 2.75) is 19.4 Å². The molecule has 1 aromatic carbocycles. The van der Waals surface area contributed by atoms with E-state index in [1.54, 1.807) is 29.5 Å². The zero-order valence-electron chi connectivity index (χ0n) is 14.9. The molecule has 4 rings (SSSR count). The molecule has 0 aliphatic carbocycles. The van der Waals surface area contributed by atoms with Crippen molar-refractivity contribution < 1.29 is 4.79 Å². The average Bonchev–Trinajstić information content (AvgIpc) is 3.24. The van der Waals surface area contributed by atoms with Crippen molar-refractivity contribution in [1.29, 1.82) is 0 Å². The van der Waals surface area contributed by atoms with Crippen molar-refractivity contribution in [2.75, 3.05) is 24.5 Å². The number of para-hydroxylation sites is 1. The van der Waals surface area contributed by atoms with E-state index >= 15 is 0 Å². The van der Waals surface area contributed by atoms with E-state index in [0.717, 1.165) is 31.1 Å². The number of amides is 1. The number of aromatic nitrogens is 3. The Morgan fingerprint density at radius 2 is 2.19 bits per heavy atom. The smallest absolute Gasteiger partial charge is 0.261 e. The number of piperidine rings is 1. The molecule has 0 saturated carbocycles. The Kier molecular flexibility index (Phi) is 5.15. The van der Waals surface area contributed by atoms with Crippen LogP contribution in [0.2, 0.25) is 0 Å². The van der Waals surface area contributed by atoms with Crippen molar-refractivity contribution in [1.82, 2.24) is 19.9 Å². The summed E-state index contributed by atoms with van der Waals surface area (Å²) in [5.74, 6) is 0.221. The van der Waals surface area contributed by atoms with Gasteiger partial charge in [0.25, 0.3) is 5.56 Å². The average molecular weight is 383 g/mol. The van der Waals surface area contributed by atoms with Crippen LogP contribution < -0.4 is 15.8 Å². The van der Waals surface area contributed by atoms with Crippen LogP contribution >= 0.6 is 11.3 Å². The molecule has 1 N–H and O–H groups in total. The van der Waals surface area contributed by atoms with Crippen molar-refractivity contribution in [2.24, 2.45) is 5.92 Å². The molecule has 1 saturated heterocycles. The highest BCUT2D eigenvalue weighted by Crippen LogP contribution is 2.24. The second-order valence-electron chi connectivity index (χ2n) is 6.77. The molecule has 0 spiro atoms. The minimum atomic E-state index is -0.191. The summed E-state index contributed by atoms with van der Waals surface area (Å²) in [5, 5.41) is 6.52. The maximum atomic E-state index is 12.5. The molecule has 7 nitrogen and oxygen atoms in total. The molecule has 0 radical (unpaired) electrons. The number of carbonyl (C=O) groups excluding carboxylic acids is 1. The first-order chi connectivity index (χ1) is 13.2. The fraction of sp³-hybridized carbons (Fsp3) is 0.368. The third kappa shape index (κ3) is 4.00. The minimum Gasteiger partial charge on any atom is -0.354 e. The molecular formula is C19H21N5O2S. The predicted octanol–water partition coefficient (Wildman–Crippen LogP) is 1.89. The van der Waals surface area contributed by atoms with Crippen LogP contribution in [0.1, 0.15) is 12.8 Å². The highest BCUT2D eigenvalue weighted by molar-refractivity contribution is 7.13. The molecule has 0 bridgehead atoms. The van der Waals surface area contributed by atoms with Crippen LogP contribution in [0.5, 0.6) is 0 Å². The molecule has 3 heterocycles. The fourth-order valence-electron chi connectivity index (χ4n) is 3.47. The molecule has 140 valence electrons. The summed E-state index contributed by atoms with van der Waals surface area (Å²) in [4.78, 5) is 35.7. The van der Waals surface area contributed by atoms with Gasteiger partial charge in [0, 0.05) is 31.2 Å². The number of thiazole rings is 1. The topological polar surface area (TPSA) is 80.1 Å². The van der Waals surface area contributed by atoms with Gasteiger partial charge in [-0.1, -0.05) is 12.1 Å². The van der Waals surface area contributed by atoms with Crippen molar-refractivity contribution in [3.63, 3.8) is 0 Å². The fourth-order valence-corrected chi connectivity index (χ4v) is 4.15. The van der Waals surface area contributed by atoms with E-state index in [1.165, 1.54) is 10.9 Å². The van der Waals surface area contributed by atoms with Crippen LogP contribution in [0.3, 0.4) is 0 Å². The summed E-state index contributed by atoms with van der Waals surface area (Å²) >= 11 is 1.64. The van der Waals surface area contributed by atoms with Gasteiger partial charge in [-0.2, -0.15) is 0 Å². The first kappa shape index (κ1) is 17.7. The molecule has 0 unspecified atom stereocenters. The largest absolute Gasteiger partial charge is 0.354 e. The van der Waals surface area contributed by atoms with Crippen molar-refractivity contribution >= 4 is 33.3 Å².